The minimum atomic E-state index is -0.755. The third-order valence-corrected chi connectivity index (χ3v) is 4.60. The first-order valence-electron chi connectivity index (χ1n) is 7.37. The Hall–Kier alpha value is -1.10. The Morgan fingerprint density at radius 3 is 2.50 bits per heavy atom. The van der Waals surface area contributed by atoms with Crippen molar-refractivity contribution in [2.45, 2.75) is 46.6 Å². The second-order valence-electron chi connectivity index (χ2n) is 6.70. The first kappa shape index (κ1) is 17.0. The molecule has 1 rings (SSSR count). The van der Waals surface area contributed by atoms with E-state index in [0.717, 1.165) is 19.4 Å². The van der Waals surface area contributed by atoms with Crippen molar-refractivity contribution in [1.82, 2.24) is 9.80 Å². The van der Waals surface area contributed by atoms with Crippen LogP contribution in [0.1, 0.15) is 40.5 Å². The number of amides is 1. The molecule has 1 fully saturated rings. The Labute approximate surface area is 121 Å². The summed E-state index contributed by atoms with van der Waals surface area (Å²) >= 11 is 0. The summed E-state index contributed by atoms with van der Waals surface area (Å²) in [7, 11) is 1.82. The van der Waals surface area contributed by atoms with E-state index in [9.17, 15) is 14.7 Å². The number of aliphatic carboxylic acids is 1. The summed E-state index contributed by atoms with van der Waals surface area (Å²) in [5, 5.41) is 9.33. The fourth-order valence-corrected chi connectivity index (χ4v) is 2.55. The topological polar surface area (TPSA) is 60.9 Å². The van der Waals surface area contributed by atoms with E-state index in [1.54, 1.807) is 18.7 Å². The molecule has 1 atom stereocenters. The number of likely N-dealkylation sites (N-methyl/N-ethyl adjacent to an activating group) is 1. The number of carbonyl (C=O) groups excluding carboxylic acids is 1. The Kier molecular flexibility index (Phi) is 5.57. The van der Waals surface area contributed by atoms with Gasteiger partial charge in [0.1, 0.15) is 0 Å². The van der Waals surface area contributed by atoms with Crippen LogP contribution in [0.3, 0.4) is 0 Å². The number of nitrogens with zero attached hydrogens (tertiary/aromatic N) is 2. The van der Waals surface area contributed by atoms with Crippen LogP contribution in [0.15, 0.2) is 0 Å². The SMILES string of the molecule is CC(C)N(C)C(=O)CN1CCCC(C(C)(C)C(=O)O)C1. The number of piperidine rings is 1. The molecular formula is C15H28N2O3. The average Bonchev–Trinajstić information content (AvgIpc) is 2.37. The van der Waals surface area contributed by atoms with Gasteiger partial charge in [-0.3, -0.25) is 14.5 Å². The third-order valence-electron chi connectivity index (χ3n) is 4.60. The van der Waals surface area contributed by atoms with Gasteiger partial charge in [0.25, 0.3) is 0 Å². The van der Waals surface area contributed by atoms with E-state index in [2.05, 4.69) is 4.90 Å². The van der Waals surface area contributed by atoms with Gasteiger partial charge in [-0.05, 0) is 53.0 Å². The molecule has 0 aromatic rings. The van der Waals surface area contributed by atoms with Crippen molar-refractivity contribution in [3.05, 3.63) is 0 Å². The predicted octanol–water partition coefficient (Wildman–Crippen LogP) is 1.68. The van der Waals surface area contributed by atoms with E-state index in [0.29, 0.717) is 13.1 Å². The molecule has 5 heteroatoms. The predicted molar refractivity (Wildman–Crippen MR) is 78.5 cm³/mol. The molecule has 0 spiro atoms. The molecule has 1 amide bonds. The summed E-state index contributed by atoms with van der Waals surface area (Å²) in [6, 6.07) is 0.193. The van der Waals surface area contributed by atoms with Gasteiger partial charge in [0, 0.05) is 19.6 Å². The molecule has 1 unspecified atom stereocenters. The lowest BCUT2D eigenvalue weighted by Gasteiger charge is -2.39. The lowest BCUT2D eigenvalue weighted by atomic mass is 9.74. The van der Waals surface area contributed by atoms with Crippen LogP contribution in [-0.2, 0) is 9.59 Å². The maximum atomic E-state index is 12.1. The molecule has 5 nitrogen and oxygen atoms in total. The summed E-state index contributed by atoms with van der Waals surface area (Å²) in [5.41, 5.74) is -0.730. The van der Waals surface area contributed by atoms with Gasteiger partial charge < -0.3 is 10.0 Å². The molecule has 0 radical (unpaired) electrons. The highest BCUT2D eigenvalue weighted by molar-refractivity contribution is 5.78. The fraction of sp³-hybridized carbons (Fsp3) is 0.867. The van der Waals surface area contributed by atoms with Crippen LogP contribution >= 0.6 is 0 Å². The zero-order chi connectivity index (χ0) is 15.5. The zero-order valence-electron chi connectivity index (χ0n) is 13.3. The largest absolute Gasteiger partial charge is 0.481 e. The van der Waals surface area contributed by atoms with Crippen LogP contribution in [0.2, 0.25) is 0 Å². The Bertz CT molecular complexity index is 366. The number of likely N-dealkylation sites (tertiary alicyclic amines) is 1. The highest BCUT2D eigenvalue weighted by Gasteiger charge is 2.39. The van der Waals surface area contributed by atoms with Gasteiger partial charge in [-0.15, -0.1) is 0 Å². The Morgan fingerprint density at radius 2 is 2.00 bits per heavy atom. The van der Waals surface area contributed by atoms with E-state index < -0.39 is 11.4 Å². The maximum absolute atomic E-state index is 12.1. The third kappa shape index (κ3) is 3.95. The molecule has 0 aromatic heterocycles. The van der Waals surface area contributed by atoms with Crippen molar-refractivity contribution >= 4 is 11.9 Å². The smallest absolute Gasteiger partial charge is 0.309 e. The minimum absolute atomic E-state index is 0.103. The van der Waals surface area contributed by atoms with Gasteiger partial charge in [0.15, 0.2) is 0 Å². The molecule has 20 heavy (non-hydrogen) atoms. The molecule has 116 valence electrons. The van der Waals surface area contributed by atoms with Crippen LogP contribution in [-0.4, -0.2) is 59.5 Å². The quantitative estimate of drug-likeness (QED) is 0.834. The van der Waals surface area contributed by atoms with E-state index in [4.69, 9.17) is 0 Å². The zero-order valence-corrected chi connectivity index (χ0v) is 13.3. The van der Waals surface area contributed by atoms with Gasteiger partial charge in [-0.25, -0.2) is 0 Å². The number of hydrogen-bond acceptors (Lipinski definition) is 3. The van der Waals surface area contributed by atoms with Crippen LogP contribution in [0.5, 0.6) is 0 Å². The Balaban J connectivity index is 2.62. The molecular weight excluding hydrogens is 256 g/mol. The number of carboxylic acid groups (broad SMARTS) is 1. The summed E-state index contributed by atoms with van der Waals surface area (Å²) in [6.45, 7) is 9.51. The highest BCUT2D eigenvalue weighted by atomic mass is 16.4. The summed E-state index contributed by atoms with van der Waals surface area (Å²) in [5.74, 6) is -0.547. The van der Waals surface area contributed by atoms with E-state index in [-0.39, 0.29) is 17.9 Å². The first-order chi connectivity index (χ1) is 9.16. The normalized spacial score (nSPS) is 21.0. The molecule has 0 aliphatic carbocycles. The summed E-state index contributed by atoms with van der Waals surface area (Å²) < 4.78 is 0. The number of carboxylic acids is 1. The standard InChI is InChI=1S/C15H28N2O3/c1-11(2)16(5)13(18)10-17-8-6-7-12(9-17)15(3,4)14(19)20/h11-12H,6-10H2,1-5H3,(H,19,20). The molecule has 1 aliphatic heterocycles. The lowest BCUT2D eigenvalue weighted by Crippen LogP contribution is -2.48. The van der Waals surface area contributed by atoms with E-state index >= 15 is 0 Å². The van der Waals surface area contributed by atoms with Crippen molar-refractivity contribution in [2.75, 3.05) is 26.7 Å². The van der Waals surface area contributed by atoms with Crippen LogP contribution in [0.25, 0.3) is 0 Å². The molecule has 0 bridgehead atoms. The average molecular weight is 284 g/mol. The second kappa shape index (κ2) is 6.57. The molecule has 1 N–H and O–H groups in total. The van der Waals surface area contributed by atoms with Crippen molar-refractivity contribution in [3.8, 4) is 0 Å². The number of hydrogen-bond donors (Lipinski definition) is 1. The van der Waals surface area contributed by atoms with Crippen molar-refractivity contribution in [2.24, 2.45) is 11.3 Å². The fourth-order valence-electron chi connectivity index (χ4n) is 2.55. The van der Waals surface area contributed by atoms with Crippen molar-refractivity contribution < 1.29 is 14.7 Å². The maximum Gasteiger partial charge on any atom is 0.309 e. The van der Waals surface area contributed by atoms with Crippen molar-refractivity contribution in [1.29, 1.82) is 0 Å². The highest BCUT2D eigenvalue weighted by Crippen LogP contribution is 2.34. The monoisotopic (exact) mass is 284 g/mol. The van der Waals surface area contributed by atoms with Crippen LogP contribution < -0.4 is 0 Å². The van der Waals surface area contributed by atoms with Crippen LogP contribution in [0.4, 0.5) is 0 Å². The molecule has 0 saturated carbocycles. The summed E-state index contributed by atoms with van der Waals surface area (Å²) in [6.07, 6.45) is 1.88. The van der Waals surface area contributed by atoms with Gasteiger partial charge in [-0.2, -0.15) is 0 Å². The van der Waals surface area contributed by atoms with Gasteiger partial charge >= 0.3 is 5.97 Å². The lowest BCUT2D eigenvalue weighted by molar-refractivity contribution is -0.151. The second-order valence-corrected chi connectivity index (χ2v) is 6.70. The van der Waals surface area contributed by atoms with Gasteiger partial charge in [0.05, 0.1) is 12.0 Å². The molecule has 0 aromatic carbocycles. The minimum Gasteiger partial charge on any atom is -0.481 e. The van der Waals surface area contributed by atoms with Gasteiger partial charge in [0.2, 0.25) is 5.91 Å². The van der Waals surface area contributed by atoms with Gasteiger partial charge in [-0.1, -0.05) is 0 Å². The first-order valence-corrected chi connectivity index (χ1v) is 7.37. The molecule has 1 saturated heterocycles. The number of rotatable bonds is 5. The summed E-state index contributed by atoms with van der Waals surface area (Å²) in [4.78, 5) is 27.3. The molecule has 1 heterocycles. The van der Waals surface area contributed by atoms with E-state index in [1.807, 2.05) is 20.9 Å². The van der Waals surface area contributed by atoms with Crippen LogP contribution in [0, 0.1) is 11.3 Å². The van der Waals surface area contributed by atoms with Crippen molar-refractivity contribution in [3.63, 3.8) is 0 Å². The Morgan fingerprint density at radius 1 is 1.40 bits per heavy atom. The van der Waals surface area contributed by atoms with E-state index in [1.165, 1.54) is 0 Å². The number of carbonyl (C=O) groups is 2. The molecule has 1 aliphatic rings.